The van der Waals surface area contributed by atoms with Crippen LogP contribution in [0.25, 0.3) is 0 Å². The van der Waals surface area contributed by atoms with Crippen molar-refractivity contribution < 1.29 is 26.7 Å². The molecule has 11 heteroatoms. The van der Waals surface area contributed by atoms with Crippen LogP contribution < -0.4 is 0 Å². The van der Waals surface area contributed by atoms with Crippen LogP contribution in [0.5, 0.6) is 0 Å². The number of hydrogen-bond acceptors (Lipinski definition) is 1. The van der Waals surface area contributed by atoms with E-state index in [2.05, 4.69) is 39.5 Å². The standard InChI is InChI=1S/C5Cl5F5O/c6-1(7)2(11,12)3(1,13)16-5(10,15)4(8,9)14. The molecule has 0 aromatic rings. The SMILES string of the molecule is FC(Cl)(Cl)C(F)(Cl)OC1(F)C(F)(F)C1(Cl)Cl. The molecule has 1 fully saturated rings. The predicted octanol–water partition coefficient (Wildman–Crippen LogP) is 4.45. The van der Waals surface area contributed by atoms with Gasteiger partial charge < -0.3 is 0 Å². The van der Waals surface area contributed by atoms with E-state index in [1.54, 1.807) is 0 Å². The second-order valence-electron chi connectivity index (χ2n) is 2.86. The van der Waals surface area contributed by atoms with Crippen LogP contribution in [-0.2, 0) is 4.74 Å². The smallest absolute Gasteiger partial charge is 0.283 e. The monoisotopic (exact) mass is 346 g/mol. The van der Waals surface area contributed by atoms with Crippen molar-refractivity contribution in [2.75, 3.05) is 0 Å². The fraction of sp³-hybridized carbons (Fsp3) is 1.00. The number of alkyl halides is 10. The van der Waals surface area contributed by atoms with Crippen LogP contribution >= 0.6 is 58.0 Å². The van der Waals surface area contributed by atoms with Crippen LogP contribution in [0, 0.1) is 0 Å². The summed E-state index contributed by atoms with van der Waals surface area (Å²) in [5, 5.41) is -4.29. The van der Waals surface area contributed by atoms with Crippen molar-refractivity contribution in [3.8, 4) is 0 Å². The summed E-state index contributed by atoms with van der Waals surface area (Å²) in [5.74, 6) is -8.73. The maximum absolute atomic E-state index is 13.2. The lowest BCUT2D eigenvalue weighted by Crippen LogP contribution is -2.41. The number of rotatable bonds is 3. The first kappa shape index (κ1) is 15.1. The Balaban J connectivity index is 2.94. The maximum atomic E-state index is 13.2. The highest BCUT2D eigenvalue weighted by Gasteiger charge is 2.98. The third-order valence-corrected chi connectivity index (χ3v) is 3.72. The van der Waals surface area contributed by atoms with Crippen molar-refractivity contribution in [1.82, 2.24) is 0 Å². The van der Waals surface area contributed by atoms with E-state index in [1.165, 1.54) is 0 Å². The summed E-state index contributed by atoms with van der Waals surface area (Å²) < 4.78 is 60.2. The summed E-state index contributed by atoms with van der Waals surface area (Å²) in [6.07, 6.45) is 0. The van der Waals surface area contributed by atoms with Crippen LogP contribution in [-0.4, -0.2) is 26.0 Å². The summed E-state index contributed by atoms with van der Waals surface area (Å²) in [5.41, 5.74) is 0. The minimum atomic E-state index is -4.49. The van der Waals surface area contributed by atoms with E-state index in [-0.39, 0.29) is 0 Å². The molecule has 0 amide bonds. The van der Waals surface area contributed by atoms with Crippen LogP contribution in [0.2, 0.25) is 0 Å². The Hall–Kier alpha value is 1.06. The normalized spacial score (nSPS) is 35.6. The fourth-order valence-electron chi connectivity index (χ4n) is 0.726. The molecule has 1 aliphatic rings. The van der Waals surface area contributed by atoms with E-state index in [0.717, 1.165) is 0 Å². The van der Waals surface area contributed by atoms with Gasteiger partial charge in [0.1, 0.15) is 0 Å². The maximum Gasteiger partial charge on any atom is 0.353 e. The van der Waals surface area contributed by atoms with Crippen LogP contribution in [0.4, 0.5) is 22.0 Å². The largest absolute Gasteiger partial charge is 0.353 e. The van der Waals surface area contributed by atoms with Gasteiger partial charge in [-0.3, -0.25) is 4.74 Å². The first-order chi connectivity index (χ1) is 6.71. The Kier molecular flexibility index (Phi) is 3.35. The van der Waals surface area contributed by atoms with Gasteiger partial charge in [-0.1, -0.05) is 46.4 Å². The molecule has 0 radical (unpaired) electrons. The molecular formula is C5Cl5F5O. The molecular weight excluding hydrogens is 348 g/mol. The Bertz CT molecular complexity index is 299. The lowest BCUT2D eigenvalue weighted by molar-refractivity contribution is -0.235. The average molecular weight is 348 g/mol. The van der Waals surface area contributed by atoms with E-state index in [9.17, 15) is 22.0 Å². The molecule has 1 nitrogen and oxygen atoms in total. The third-order valence-electron chi connectivity index (χ3n) is 1.74. The van der Waals surface area contributed by atoms with Crippen molar-refractivity contribution in [2.24, 2.45) is 0 Å². The summed E-state index contributed by atoms with van der Waals surface area (Å²) in [4.78, 5) is 0. The van der Waals surface area contributed by atoms with Gasteiger partial charge in [0.05, 0.1) is 0 Å². The van der Waals surface area contributed by atoms with Crippen molar-refractivity contribution in [3.05, 3.63) is 0 Å². The van der Waals surface area contributed by atoms with Gasteiger partial charge >= 0.3 is 21.7 Å². The highest BCUT2D eigenvalue weighted by molar-refractivity contribution is 6.53. The average Bonchev–Trinajstić information content (AvgIpc) is 2.25. The van der Waals surface area contributed by atoms with E-state index in [1.807, 2.05) is 0 Å². The molecule has 0 bridgehead atoms. The van der Waals surface area contributed by atoms with Crippen LogP contribution in [0.3, 0.4) is 0 Å². The Morgan fingerprint density at radius 3 is 1.44 bits per heavy atom. The summed E-state index contributed by atoms with van der Waals surface area (Å²) in [6.45, 7) is 0. The Morgan fingerprint density at radius 2 is 1.25 bits per heavy atom. The second kappa shape index (κ2) is 3.54. The molecule has 0 heterocycles. The van der Waals surface area contributed by atoms with Crippen LogP contribution in [0.15, 0.2) is 0 Å². The second-order valence-corrected chi connectivity index (χ2v) is 5.91. The molecule has 1 aliphatic carbocycles. The Labute approximate surface area is 111 Å². The zero-order valence-electron chi connectivity index (χ0n) is 6.69. The third kappa shape index (κ3) is 1.77. The zero-order valence-corrected chi connectivity index (χ0v) is 10.5. The number of halogens is 10. The van der Waals surface area contributed by atoms with E-state index < -0.39 is 26.0 Å². The molecule has 0 saturated heterocycles. The quantitative estimate of drug-likeness (QED) is 0.541. The molecule has 0 aromatic carbocycles. The van der Waals surface area contributed by atoms with Gasteiger partial charge in [-0.25, -0.2) is 4.39 Å². The van der Waals surface area contributed by atoms with Crippen molar-refractivity contribution in [2.45, 2.75) is 26.0 Å². The Morgan fingerprint density at radius 1 is 0.938 bits per heavy atom. The molecule has 16 heavy (non-hydrogen) atoms. The summed E-state index contributed by atoms with van der Waals surface area (Å²) >= 11 is 23.2. The van der Waals surface area contributed by atoms with Gasteiger partial charge in [0.2, 0.25) is 0 Å². The zero-order chi connectivity index (χ0) is 13.2. The molecule has 0 aliphatic heterocycles. The number of hydrogen-bond donors (Lipinski definition) is 0. The molecule has 1 rings (SSSR count). The minimum absolute atomic E-state index is 3.31. The van der Waals surface area contributed by atoms with Crippen molar-refractivity contribution in [3.63, 3.8) is 0 Å². The van der Waals surface area contributed by atoms with Crippen molar-refractivity contribution in [1.29, 1.82) is 0 Å². The highest BCUT2D eigenvalue weighted by Crippen LogP contribution is 2.73. The number of ether oxygens (including phenoxy) is 1. The fourth-order valence-corrected chi connectivity index (χ4v) is 1.37. The molecule has 1 saturated carbocycles. The lowest BCUT2D eigenvalue weighted by atomic mass is 10.6. The van der Waals surface area contributed by atoms with Gasteiger partial charge in [-0.2, -0.15) is 17.6 Å². The first-order valence-corrected chi connectivity index (χ1v) is 5.19. The topological polar surface area (TPSA) is 9.23 Å². The van der Waals surface area contributed by atoms with E-state index in [0.29, 0.717) is 0 Å². The highest BCUT2D eigenvalue weighted by atomic mass is 35.5. The lowest BCUT2D eigenvalue weighted by Gasteiger charge is -2.25. The van der Waals surface area contributed by atoms with E-state index in [4.69, 9.17) is 23.2 Å². The molecule has 2 unspecified atom stereocenters. The molecule has 0 N–H and O–H groups in total. The van der Waals surface area contributed by atoms with Crippen LogP contribution in [0.1, 0.15) is 0 Å². The molecule has 96 valence electrons. The predicted molar refractivity (Wildman–Crippen MR) is 49.5 cm³/mol. The first-order valence-electron chi connectivity index (χ1n) is 3.30. The summed E-state index contributed by atoms with van der Waals surface area (Å²) in [7, 11) is 0. The van der Waals surface area contributed by atoms with E-state index >= 15 is 0 Å². The van der Waals surface area contributed by atoms with Gasteiger partial charge in [-0.05, 0) is 11.6 Å². The van der Waals surface area contributed by atoms with Gasteiger partial charge in [-0.15, -0.1) is 0 Å². The van der Waals surface area contributed by atoms with Crippen molar-refractivity contribution >= 4 is 58.0 Å². The minimum Gasteiger partial charge on any atom is -0.283 e. The molecule has 2 atom stereocenters. The van der Waals surface area contributed by atoms with Gasteiger partial charge in [0, 0.05) is 0 Å². The van der Waals surface area contributed by atoms with Gasteiger partial charge in [0.15, 0.2) is 0 Å². The van der Waals surface area contributed by atoms with Gasteiger partial charge in [0.25, 0.3) is 4.33 Å². The molecule has 0 spiro atoms. The molecule has 0 aromatic heterocycles. The summed E-state index contributed by atoms with van der Waals surface area (Å²) in [6, 6.07) is 0.